The van der Waals surface area contributed by atoms with Gasteiger partial charge in [0.1, 0.15) is 10.6 Å². The molecule has 0 saturated carbocycles. The number of piperidine rings is 1. The molecule has 10 heteroatoms. The van der Waals surface area contributed by atoms with Crippen LogP contribution in [0.25, 0.3) is 0 Å². The summed E-state index contributed by atoms with van der Waals surface area (Å²) in [6.45, 7) is 1.02. The number of phenolic OH excluding ortho intramolecular Hbond substituents is 1. The van der Waals surface area contributed by atoms with Crippen LogP contribution < -0.4 is 10.2 Å². The summed E-state index contributed by atoms with van der Waals surface area (Å²) in [5.41, 5.74) is 0.226. The molecule has 0 aromatic heterocycles. The van der Waals surface area contributed by atoms with Gasteiger partial charge >= 0.3 is 6.18 Å². The van der Waals surface area contributed by atoms with Gasteiger partial charge < -0.3 is 15.3 Å². The number of hydrogen-bond acceptors (Lipinski definition) is 5. The molecule has 2 aromatic rings. The molecule has 0 spiro atoms. The number of amides is 1. The van der Waals surface area contributed by atoms with Crippen LogP contribution in [0.15, 0.2) is 47.4 Å². The molecule has 1 saturated heterocycles. The molecular weight excluding hydrogens is 421 g/mol. The van der Waals surface area contributed by atoms with Crippen molar-refractivity contribution in [2.45, 2.75) is 23.9 Å². The summed E-state index contributed by atoms with van der Waals surface area (Å²) in [6, 6.07) is 8.76. The molecule has 0 radical (unpaired) electrons. The van der Waals surface area contributed by atoms with E-state index in [0.29, 0.717) is 31.6 Å². The van der Waals surface area contributed by atoms with E-state index in [-0.39, 0.29) is 28.2 Å². The first-order valence-corrected chi connectivity index (χ1v) is 11.1. The SMILES string of the molecule is CS(=O)(=O)c1cc(NC(=O)C2CCN(c3ccc(C(F)(F)F)cc3)CC2)ccc1O. The van der Waals surface area contributed by atoms with Gasteiger partial charge in [-0.15, -0.1) is 0 Å². The van der Waals surface area contributed by atoms with Crippen molar-refractivity contribution in [3.05, 3.63) is 48.0 Å². The van der Waals surface area contributed by atoms with E-state index < -0.39 is 21.6 Å². The minimum Gasteiger partial charge on any atom is -0.507 e. The minimum absolute atomic E-state index is 0.266. The number of alkyl halides is 3. The topological polar surface area (TPSA) is 86.7 Å². The highest BCUT2D eigenvalue weighted by Gasteiger charge is 2.31. The third-order valence-electron chi connectivity index (χ3n) is 5.05. The molecule has 3 rings (SSSR count). The van der Waals surface area contributed by atoms with Crippen molar-refractivity contribution in [3.63, 3.8) is 0 Å². The van der Waals surface area contributed by atoms with Crippen molar-refractivity contribution in [2.75, 3.05) is 29.6 Å². The lowest BCUT2D eigenvalue weighted by Crippen LogP contribution is -2.38. The Morgan fingerprint density at radius 3 is 2.23 bits per heavy atom. The number of halogens is 3. The maximum atomic E-state index is 12.7. The van der Waals surface area contributed by atoms with Gasteiger partial charge in [0.25, 0.3) is 0 Å². The van der Waals surface area contributed by atoms with Crippen molar-refractivity contribution in [3.8, 4) is 5.75 Å². The summed E-state index contributed by atoms with van der Waals surface area (Å²) in [6.07, 6.45) is -2.41. The van der Waals surface area contributed by atoms with Crippen molar-refractivity contribution in [2.24, 2.45) is 5.92 Å². The molecule has 1 heterocycles. The van der Waals surface area contributed by atoms with Crippen molar-refractivity contribution in [1.29, 1.82) is 0 Å². The van der Waals surface area contributed by atoms with Crippen LogP contribution in [0.1, 0.15) is 18.4 Å². The van der Waals surface area contributed by atoms with Crippen LogP contribution in [-0.2, 0) is 20.8 Å². The Morgan fingerprint density at radius 2 is 1.70 bits per heavy atom. The van der Waals surface area contributed by atoms with Gasteiger partial charge in [0.2, 0.25) is 5.91 Å². The Kier molecular flexibility index (Phi) is 5.98. The Bertz CT molecular complexity index is 1030. The molecule has 2 N–H and O–H groups in total. The fourth-order valence-corrected chi connectivity index (χ4v) is 4.18. The van der Waals surface area contributed by atoms with Crippen LogP contribution in [0.5, 0.6) is 5.75 Å². The number of sulfone groups is 1. The van der Waals surface area contributed by atoms with Crippen LogP contribution in [-0.4, -0.2) is 38.8 Å². The lowest BCUT2D eigenvalue weighted by molar-refractivity contribution is -0.137. The van der Waals surface area contributed by atoms with Crippen molar-refractivity contribution in [1.82, 2.24) is 0 Å². The number of aromatic hydroxyl groups is 1. The summed E-state index contributed by atoms with van der Waals surface area (Å²) >= 11 is 0. The van der Waals surface area contributed by atoms with Crippen molar-refractivity contribution >= 4 is 27.1 Å². The zero-order valence-electron chi connectivity index (χ0n) is 16.1. The highest BCUT2D eigenvalue weighted by atomic mass is 32.2. The molecule has 2 aromatic carbocycles. The first kappa shape index (κ1) is 21.9. The van der Waals surface area contributed by atoms with Gasteiger partial charge in [-0.3, -0.25) is 4.79 Å². The smallest absolute Gasteiger partial charge is 0.416 e. The molecule has 0 unspecified atom stereocenters. The predicted molar refractivity (Wildman–Crippen MR) is 106 cm³/mol. The predicted octanol–water partition coefficient (Wildman–Crippen LogP) is 3.67. The lowest BCUT2D eigenvalue weighted by atomic mass is 9.95. The number of rotatable bonds is 4. The number of benzene rings is 2. The van der Waals surface area contributed by atoms with E-state index in [2.05, 4.69) is 5.32 Å². The van der Waals surface area contributed by atoms with E-state index in [9.17, 15) is 31.5 Å². The number of carbonyl (C=O) groups is 1. The molecule has 1 fully saturated rings. The zero-order chi connectivity index (χ0) is 22.1. The van der Waals surface area contributed by atoms with E-state index in [0.717, 1.165) is 18.4 Å². The quantitative estimate of drug-likeness (QED) is 0.706. The van der Waals surface area contributed by atoms with Crippen LogP contribution >= 0.6 is 0 Å². The Labute approximate surface area is 172 Å². The van der Waals surface area contributed by atoms with Gasteiger partial charge in [-0.05, 0) is 55.3 Å². The van der Waals surface area contributed by atoms with E-state index in [1.807, 2.05) is 4.90 Å². The normalized spacial score (nSPS) is 15.8. The zero-order valence-corrected chi connectivity index (χ0v) is 16.9. The first-order chi connectivity index (χ1) is 13.9. The third-order valence-corrected chi connectivity index (χ3v) is 6.18. The van der Waals surface area contributed by atoms with Gasteiger partial charge in [0.15, 0.2) is 9.84 Å². The fourth-order valence-electron chi connectivity index (χ4n) is 3.39. The third kappa shape index (κ3) is 5.05. The second-order valence-corrected chi connectivity index (χ2v) is 9.23. The van der Waals surface area contributed by atoms with Crippen molar-refractivity contribution < 1.29 is 31.5 Å². The number of hydrogen-bond donors (Lipinski definition) is 2. The maximum absolute atomic E-state index is 12.7. The molecule has 6 nitrogen and oxygen atoms in total. The average molecular weight is 442 g/mol. The average Bonchev–Trinajstić information content (AvgIpc) is 2.68. The van der Waals surface area contributed by atoms with Crippen LogP contribution in [0.2, 0.25) is 0 Å². The first-order valence-electron chi connectivity index (χ1n) is 9.21. The van der Waals surface area contributed by atoms with Crippen LogP contribution in [0, 0.1) is 5.92 Å². The van der Waals surface area contributed by atoms with Gasteiger partial charge in [-0.1, -0.05) is 0 Å². The summed E-state index contributed by atoms with van der Waals surface area (Å²) in [5, 5.41) is 12.4. The minimum atomic E-state index is -4.38. The van der Waals surface area contributed by atoms with E-state index in [4.69, 9.17) is 0 Å². The molecular formula is C20H21F3N2O4S. The second kappa shape index (κ2) is 8.17. The number of nitrogens with one attached hydrogen (secondary N) is 1. The van der Waals surface area contributed by atoms with E-state index >= 15 is 0 Å². The molecule has 1 amide bonds. The summed E-state index contributed by atoms with van der Waals surface area (Å²) in [4.78, 5) is 14.2. The molecule has 0 atom stereocenters. The Balaban J connectivity index is 1.61. The molecule has 1 aliphatic heterocycles. The molecule has 30 heavy (non-hydrogen) atoms. The molecule has 0 aliphatic carbocycles. The highest BCUT2D eigenvalue weighted by Crippen LogP contribution is 2.32. The van der Waals surface area contributed by atoms with Gasteiger partial charge in [0, 0.05) is 36.6 Å². The maximum Gasteiger partial charge on any atom is 0.416 e. The number of carbonyl (C=O) groups excluding carboxylic acids is 1. The van der Waals surface area contributed by atoms with Gasteiger partial charge in [0.05, 0.1) is 5.56 Å². The van der Waals surface area contributed by atoms with Gasteiger partial charge in [-0.25, -0.2) is 8.42 Å². The van der Waals surface area contributed by atoms with Gasteiger partial charge in [-0.2, -0.15) is 13.2 Å². The molecule has 162 valence electrons. The Morgan fingerprint density at radius 1 is 1.10 bits per heavy atom. The summed E-state index contributed by atoms with van der Waals surface area (Å²) in [7, 11) is -3.65. The van der Waals surface area contributed by atoms with E-state index in [1.54, 1.807) is 0 Å². The fraction of sp³-hybridized carbons (Fsp3) is 0.350. The lowest BCUT2D eigenvalue weighted by Gasteiger charge is -2.33. The molecule has 0 bridgehead atoms. The van der Waals surface area contributed by atoms with E-state index in [1.165, 1.54) is 30.3 Å². The monoisotopic (exact) mass is 442 g/mol. The summed E-state index contributed by atoms with van der Waals surface area (Å²) in [5.74, 6) is -0.973. The molecule has 1 aliphatic rings. The summed E-state index contributed by atoms with van der Waals surface area (Å²) < 4.78 is 61.5. The largest absolute Gasteiger partial charge is 0.507 e. The standard InChI is InChI=1S/C20H21F3N2O4S/c1-30(28,29)18-12-15(4-7-17(18)26)24-19(27)13-8-10-25(11-9-13)16-5-2-14(3-6-16)20(21,22)23/h2-7,12-13,26H,8-11H2,1H3,(H,24,27). The highest BCUT2D eigenvalue weighted by molar-refractivity contribution is 7.90. The van der Waals surface area contributed by atoms with Crippen LogP contribution in [0.4, 0.5) is 24.5 Å². The number of anilines is 2. The second-order valence-electron chi connectivity index (χ2n) is 7.25. The van der Waals surface area contributed by atoms with Crippen LogP contribution in [0.3, 0.4) is 0 Å². The Hall–Kier alpha value is -2.75. The number of nitrogens with zero attached hydrogens (tertiary/aromatic N) is 1. The number of phenols is 1.